The van der Waals surface area contributed by atoms with Gasteiger partial charge in [-0.25, -0.2) is 0 Å². The van der Waals surface area contributed by atoms with E-state index in [9.17, 15) is 4.79 Å². The van der Waals surface area contributed by atoms with Crippen LogP contribution in [0, 0.1) is 17.8 Å². The second kappa shape index (κ2) is 5.35. The van der Waals surface area contributed by atoms with Crippen LogP contribution in [0.4, 0.5) is 0 Å². The van der Waals surface area contributed by atoms with Crippen molar-refractivity contribution < 1.29 is 9.90 Å². The van der Waals surface area contributed by atoms with E-state index in [-0.39, 0.29) is 12.3 Å². The lowest BCUT2D eigenvalue weighted by molar-refractivity contribution is -0.138. The van der Waals surface area contributed by atoms with Crippen molar-refractivity contribution in [1.29, 1.82) is 0 Å². The molecule has 0 radical (unpaired) electrons. The average molecular weight is 199 g/mol. The Labute approximate surface area is 85.7 Å². The van der Waals surface area contributed by atoms with Gasteiger partial charge < -0.3 is 10.8 Å². The molecule has 0 heterocycles. The lowest BCUT2D eigenvalue weighted by atomic mass is 9.73. The number of carbonyl (C=O) groups is 1. The van der Waals surface area contributed by atoms with Crippen molar-refractivity contribution in [2.24, 2.45) is 23.5 Å². The Balaban J connectivity index is 2.27. The topological polar surface area (TPSA) is 63.3 Å². The quantitative estimate of drug-likeness (QED) is 0.686. The van der Waals surface area contributed by atoms with Gasteiger partial charge in [-0.05, 0) is 30.7 Å². The maximum absolute atomic E-state index is 10.5. The van der Waals surface area contributed by atoms with Crippen LogP contribution in [0.1, 0.15) is 39.0 Å². The molecule has 1 fully saturated rings. The molecule has 82 valence electrons. The molecule has 1 rings (SSSR count). The summed E-state index contributed by atoms with van der Waals surface area (Å²) in [6, 6.07) is 0. The van der Waals surface area contributed by atoms with Crippen molar-refractivity contribution in [2.75, 3.05) is 6.54 Å². The van der Waals surface area contributed by atoms with Crippen LogP contribution in [-0.2, 0) is 4.79 Å². The Morgan fingerprint density at radius 1 is 1.57 bits per heavy atom. The summed E-state index contributed by atoms with van der Waals surface area (Å²) >= 11 is 0. The van der Waals surface area contributed by atoms with Gasteiger partial charge in [-0.2, -0.15) is 0 Å². The first-order valence-corrected chi connectivity index (χ1v) is 5.55. The number of hydrogen-bond donors (Lipinski definition) is 2. The molecule has 3 heteroatoms. The lowest BCUT2D eigenvalue weighted by Gasteiger charge is -2.33. The molecule has 1 saturated carbocycles. The Bertz CT molecular complexity index is 190. The van der Waals surface area contributed by atoms with Crippen molar-refractivity contribution in [3.8, 4) is 0 Å². The van der Waals surface area contributed by atoms with Gasteiger partial charge in [0.15, 0.2) is 0 Å². The molecule has 1 aliphatic carbocycles. The van der Waals surface area contributed by atoms with Crippen molar-refractivity contribution in [2.45, 2.75) is 39.0 Å². The lowest BCUT2D eigenvalue weighted by Crippen LogP contribution is -2.26. The normalized spacial score (nSPS) is 21.3. The molecule has 0 amide bonds. The number of nitrogens with two attached hydrogens (primary N) is 1. The molecule has 2 unspecified atom stereocenters. The molecule has 14 heavy (non-hydrogen) atoms. The standard InChI is InChI=1S/C11H21NO2/c1-8(10-3-2-4-10)5-9(7-12)6-11(13)14/h8-10H,2-7,12H2,1H3,(H,13,14). The van der Waals surface area contributed by atoms with Crippen LogP contribution in [0.3, 0.4) is 0 Å². The molecule has 0 bridgehead atoms. The summed E-state index contributed by atoms with van der Waals surface area (Å²) in [5.74, 6) is 0.929. The highest BCUT2D eigenvalue weighted by Gasteiger charge is 2.26. The van der Waals surface area contributed by atoms with Crippen LogP contribution < -0.4 is 5.73 Å². The molecule has 3 N–H and O–H groups in total. The Morgan fingerprint density at radius 3 is 2.57 bits per heavy atom. The van der Waals surface area contributed by atoms with Gasteiger partial charge in [-0.3, -0.25) is 4.79 Å². The summed E-state index contributed by atoms with van der Waals surface area (Å²) in [5, 5.41) is 8.68. The molecule has 0 aromatic heterocycles. The van der Waals surface area contributed by atoms with Gasteiger partial charge in [-0.15, -0.1) is 0 Å². The highest BCUT2D eigenvalue weighted by atomic mass is 16.4. The van der Waals surface area contributed by atoms with Crippen LogP contribution >= 0.6 is 0 Å². The van der Waals surface area contributed by atoms with E-state index in [1.54, 1.807) is 0 Å². The summed E-state index contributed by atoms with van der Waals surface area (Å²) < 4.78 is 0. The largest absolute Gasteiger partial charge is 0.481 e. The minimum absolute atomic E-state index is 0.170. The predicted octanol–water partition coefficient (Wildman–Crippen LogP) is 1.86. The fraction of sp³-hybridized carbons (Fsp3) is 0.909. The summed E-state index contributed by atoms with van der Waals surface area (Å²) in [6.45, 7) is 2.73. The monoisotopic (exact) mass is 199 g/mol. The Hall–Kier alpha value is -0.570. The van der Waals surface area contributed by atoms with Crippen LogP contribution in [-0.4, -0.2) is 17.6 Å². The van der Waals surface area contributed by atoms with Crippen LogP contribution in [0.2, 0.25) is 0 Å². The van der Waals surface area contributed by atoms with Crippen LogP contribution in [0.15, 0.2) is 0 Å². The van der Waals surface area contributed by atoms with Gasteiger partial charge in [0.05, 0.1) is 0 Å². The second-order valence-electron chi connectivity index (χ2n) is 4.60. The average Bonchev–Trinajstić information content (AvgIpc) is 1.98. The molecular weight excluding hydrogens is 178 g/mol. The maximum atomic E-state index is 10.5. The fourth-order valence-corrected chi connectivity index (χ4v) is 2.24. The first kappa shape index (κ1) is 11.5. The molecule has 0 aromatic rings. The summed E-state index contributed by atoms with van der Waals surface area (Å²) in [7, 11) is 0. The number of aliphatic carboxylic acids is 1. The fourth-order valence-electron chi connectivity index (χ4n) is 2.24. The maximum Gasteiger partial charge on any atom is 0.303 e. The van der Waals surface area contributed by atoms with Crippen molar-refractivity contribution in [1.82, 2.24) is 0 Å². The molecule has 3 nitrogen and oxygen atoms in total. The third-order valence-corrected chi connectivity index (χ3v) is 3.46. The van der Waals surface area contributed by atoms with E-state index in [0.29, 0.717) is 12.5 Å². The number of hydrogen-bond acceptors (Lipinski definition) is 2. The van der Waals surface area contributed by atoms with E-state index in [2.05, 4.69) is 6.92 Å². The zero-order chi connectivity index (χ0) is 10.6. The van der Waals surface area contributed by atoms with Gasteiger partial charge in [0, 0.05) is 6.42 Å². The van der Waals surface area contributed by atoms with Gasteiger partial charge in [0.1, 0.15) is 0 Å². The van der Waals surface area contributed by atoms with Gasteiger partial charge in [0.25, 0.3) is 0 Å². The SMILES string of the molecule is CC(CC(CN)CC(=O)O)C1CCC1. The van der Waals surface area contributed by atoms with E-state index in [0.717, 1.165) is 12.3 Å². The van der Waals surface area contributed by atoms with E-state index in [1.807, 2.05) is 0 Å². The van der Waals surface area contributed by atoms with E-state index in [1.165, 1.54) is 19.3 Å². The summed E-state index contributed by atoms with van der Waals surface area (Å²) in [6.07, 6.45) is 5.21. The van der Waals surface area contributed by atoms with Crippen LogP contribution in [0.5, 0.6) is 0 Å². The van der Waals surface area contributed by atoms with Crippen molar-refractivity contribution in [3.63, 3.8) is 0 Å². The molecule has 1 aliphatic rings. The highest BCUT2D eigenvalue weighted by molar-refractivity contribution is 5.67. The number of carboxylic acids is 1. The highest BCUT2D eigenvalue weighted by Crippen LogP contribution is 2.36. The minimum atomic E-state index is -0.721. The van der Waals surface area contributed by atoms with Gasteiger partial charge >= 0.3 is 5.97 Å². The third kappa shape index (κ3) is 3.29. The van der Waals surface area contributed by atoms with Gasteiger partial charge in [-0.1, -0.05) is 26.2 Å². The Kier molecular flexibility index (Phi) is 4.39. The number of rotatable bonds is 6. The molecule has 2 atom stereocenters. The Morgan fingerprint density at radius 2 is 2.21 bits per heavy atom. The first-order valence-electron chi connectivity index (χ1n) is 5.55. The zero-order valence-electron chi connectivity index (χ0n) is 8.91. The number of carboxylic acid groups (broad SMARTS) is 1. The molecule has 0 aliphatic heterocycles. The summed E-state index contributed by atoms with van der Waals surface area (Å²) in [5.41, 5.74) is 5.57. The molecule has 0 aromatic carbocycles. The second-order valence-corrected chi connectivity index (χ2v) is 4.60. The van der Waals surface area contributed by atoms with Crippen molar-refractivity contribution >= 4 is 5.97 Å². The smallest absolute Gasteiger partial charge is 0.303 e. The van der Waals surface area contributed by atoms with Gasteiger partial charge in [0.2, 0.25) is 0 Å². The molecule has 0 saturated heterocycles. The summed E-state index contributed by atoms with van der Waals surface area (Å²) in [4.78, 5) is 10.5. The van der Waals surface area contributed by atoms with E-state index in [4.69, 9.17) is 10.8 Å². The van der Waals surface area contributed by atoms with Crippen molar-refractivity contribution in [3.05, 3.63) is 0 Å². The van der Waals surface area contributed by atoms with E-state index < -0.39 is 5.97 Å². The van der Waals surface area contributed by atoms with E-state index >= 15 is 0 Å². The zero-order valence-corrected chi connectivity index (χ0v) is 8.91. The third-order valence-electron chi connectivity index (χ3n) is 3.46. The molecule has 0 spiro atoms. The molecular formula is C11H21NO2. The first-order chi connectivity index (χ1) is 6.63. The predicted molar refractivity (Wildman–Crippen MR) is 55.9 cm³/mol. The van der Waals surface area contributed by atoms with Crippen LogP contribution in [0.25, 0.3) is 0 Å². The minimum Gasteiger partial charge on any atom is -0.481 e.